The van der Waals surface area contributed by atoms with Gasteiger partial charge in [-0.3, -0.25) is 9.59 Å². The van der Waals surface area contributed by atoms with Crippen molar-refractivity contribution in [1.29, 1.82) is 0 Å². The van der Waals surface area contributed by atoms with Crippen LogP contribution in [0.4, 0.5) is 5.69 Å². The van der Waals surface area contributed by atoms with Crippen molar-refractivity contribution in [3.05, 3.63) is 58.6 Å². The Morgan fingerprint density at radius 2 is 1.88 bits per heavy atom. The van der Waals surface area contributed by atoms with Gasteiger partial charge in [0.15, 0.2) is 0 Å². The van der Waals surface area contributed by atoms with Crippen molar-refractivity contribution >= 4 is 29.2 Å². The first-order chi connectivity index (χ1) is 12.3. The molecule has 2 N–H and O–H groups in total. The molecule has 5 nitrogen and oxygen atoms in total. The van der Waals surface area contributed by atoms with E-state index in [0.29, 0.717) is 29.3 Å². The molecule has 0 saturated carbocycles. The third-order valence-electron chi connectivity index (χ3n) is 4.71. The lowest BCUT2D eigenvalue weighted by Crippen LogP contribution is -2.32. The lowest BCUT2D eigenvalue weighted by molar-refractivity contribution is -0.142. The molecule has 0 bridgehead atoms. The number of carboxylic acid groups (broad SMARTS) is 1. The molecule has 0 fully saturated rings. The number of halogens is 1. The van der Waals surface area contributed by atoms with Gasteiger partial charge >= 0.3 is 5.97 Å². The second kappa shape index (κ2) is 7.00. The quantitative estimate of drug-likeness (QED) is 0.852. The number of benzene rings is 2. The van der Waals surface area contributed by atoms with Crippen LogP contribution in [0.3, 0.4) is 0 Å². The first-order valence-electron chi connectivity index (χ1n) is 8.33. The SMILES string of the molecule is CC(C)(C(=O)O)c1ccc(NC(=O)C2COc3ccc(Cl)cc3C2)cc1. The summed E-state index contributed by atoms with van der Waals surface area (Å²) >= 11 is 6.01. The number of ether oxygens (including phenoxy) is 1. The van der Waals surface area contributed by atoms with E-state index >= 15 is 0 Å². The minimum atomic E-state index is -0.983. The van der Waals surface area contributed by atoms with E-state index in [0.717, 1.165) is 11.3 Å². The van der Waals surface area contributed by atoms with E-state index in [-0.39, 0.29) is 11.8 Å². The summed E-state index contributed by atoms with van der Waals surface area (Å²) in [6.45, 7) is 3.60. The van der Waals surface area contributed by atoms with Crippen LogP contribution >= 0.6 is 11.6 Å². The topological polar surface area (TPSA) is 75.6 Å². The minimum absolute atomic E-state index is 0.138. The molecule has 1 aliphatic heterocycles. The fraction of sp³-hybridized carbons (Fsp3) is 0.300. The number of carbonyl (C=O) groups excluding carboxylic acids is 1. The summed E-state index contributed by atoms with van der Waals surface area (Å²) < 4.78 is 5.66. The van der Waals surface area contributed by atoms with Gasteiger partial charge in [-0.15, -0.1) is 0 Å². The first kappa shape index (κ1) is 18.3. The summed E-state index contributed by atoms with van der Waals surface area (Å²) in [7, 11) is 0. The number of nitrogens with one attached hydrogen (secondary N) is 1. The van der Waals surface area contributed by atoms with Crippen LogP contribution in [0.5, 0.6) is 5.75 Å². The van der Waals surface area contributed by atoms with Crippen LogP contribution in [-0.4, -0.2) is 23.6 Å². The van der Waals surface area contributed by atoms with Crippen LogP contribution in [0.1, 0.15) is 25.0 Å². The van der Waals surface area contributed by atoms with Crippen LogP contribution in [0, 0.1) is 5.92 Å². The zero-order chi connectivity index (χ0) is 18.9. The van der Waals surface area contributed by atoms with Gasteiger partial charge in [-0.05, 0) is 61.7 Å². The third-order valence-corrected chi connectivity index (χ3v) is 4.94. The Kier molecular flexibility index (Phi) is 4.92. The number of fused-ring (bicyclic) bond motifs is 1. The lowest BCUT2D eigenvalue weighted by atomic mass is 9.85. The summed E-state index contributed by atoms with van der Waals surface area (Å²) in [5.41, 5.74) is 1.23. The molecule has 0 saturated heterocycles. The average Bonchev–Trinajstić information content (AvgIpc) is 2.61. The Morgan fingerprint density at radius 1 is 1.19 bits per heavy atom. The average molecular weight is 374 g/mol. The van der Waals surface area contributed by atoms with Crippen molar-refractivity contribution in [2.75, 3.05) is 11.9 Å². The van der Waals surface area contributed by atoms with Gasteiger partial charge < -0.3 is 15.2 Å². The number of rotatable bonds is 4. The maximum atomic E-state index is 12.5. The van der Waals surface area contributed by atoms with Crippen molar-refractivity contribution in [2.45, 2.75) is 25.7 Å². The van der Waals surface area contributed by atoms with Gasteiger partial charge in [0.25, 0.3) is 0 Å². The predicted molar refractivity (Wildman–Crippen MR) is 99.9 cm³/mol. The normalized spacial score (nSPS) is 16.3. The highest BCUT2D eigenvalue weighted by Gasteiger charge is 2.29. The molecular weight excluding hydrogens is 354 g/mol. The largest absolute Gasteiger partial charge is 0.492 e. The maximum absolute atomic E-state index is 12.5. The maximum Gasteiger partial charge on any atom is 0.313 e. The summed E-state index contributed by atoms with van der Waals surface area (Å²) in [6, 6.07) is 12.3. The first-order valence-corrected chi connectivity index (χ1v) is 8.71. The number of aliphatic carboxylic acids is 1. The fourth-order valence-corrected chi connectivity index (χ4v) is 3.06. The van der Waals surface area contributed by atoms with Crippen LogP contribution < -0.4 is 10.1 Å². The second-order valence-corrected chi connectivity index (χ2v) is 7.40. The fourth-order valence-electron chi connectivity index (χ4n) is 2.87. The molecule has 0 spiro atoms. The molecule has 2 aromatic rings. The molecular formula is C20H20ClNO4. The Bertz CT molecular complexity index is 845. The Hall–Kier alpha value is -2.53. The molecule has 136 valence electrons. The Labute approximate surface area is 156 Å². The number of hydrogen-bond acceptors (Lipinski definition) is 3. The summed E-state index contributed by atoms with van der Waals surface area (Å²) in [5, 5.41) is 12.8. The van der Waals surface area contributed by atoms with E-state index in [1.165, 1.54) is 0 Å². The second-order valence-electron chi connectivity index (χ2n) is 6.96. The molecule has 0 aliphatic carbocycles. The van der Waals surface area contributed by atoms with E-state index in [1.54, 1.807) is 44.2 Å². The molecule has 3 rings (SSSR count). The van der Waals surface area contributed by atoms with Gasteiger partial charge in [0.2, 0.25) is 5.91 Å². The highest BCUT2D eigenvalue weighted by Crippen LogP contribution is 2.30. The number of carbonyl (C=O) groups is 2. The van der Waals surface area contributed by atoms with Gasteiger partial charge in [0.1, 0.15) is 12.4 Å². The van der Waals surface area contributed by atoms with Crippen molar-refractivity contribution < 1.29 is 19.4 Å². The van der Waals surface area contributed by atoms with E-state index in [9.17, 15) is 14.7 Å². The monoisotopic (exact) mass is 373 g/mol. The van der Waals surface area contributed by atoms with Crippen molar-refractivity contribution in [2.24, 2.45) is 5.92 Å². The molecule has 6 heteroatoms. The van der Waals surface area contributed by atoms with Gasteiger partial charge in [0.05, 0.1) is 11.3 Å². The smallest absolute Gasteiger partial charge is 0.313 e. The number of hydrogen-bond donors (Lipinski definition) is 2. The van der Waals surface area contributed by atoms with Crippen LogP contribution in [0.25, 0.3) is 0 Å². The van der Waals surface area contributed by atoms with Crippen molar-refractivity contribution in [3.8, 4) is 5.75 Å². The van der Waals surface area contributed by atoms with Crippen molar-refractivity contribution in [3.63, 3.8) is 0 Å². The highest BCUT2D eigenvalue weighted by atomic mass is 35.5. The van der Waals surface area contributed by atoms with E-state index in [4.69, 9.17) is 16.3 Å². The molecule has 1 heterocycles. The standard InChI is InChI=1S/C20H20ClNO4/c1-20(2,19(24)25)14-3-6-16(7-4-14)22-18(23)13-9-12-10-15(21)5-8-17(12)26-11-13/h3-8,10,13H,9,11H2,1-2H3,(H,22,23)(H,24,25). The molecule has 1 aliphatic rings. The molecule has 26 heavy (non-hydrogen) atoms. The summed E-state index contributed by atoms with van der Waals surface area (Å²) in [5.74, 6) is -0.582. The number of carboxylic acids is 1. The Morgan fingerprint density at radius 3 is 2.54 bits per heavy atom. The highest BCUT2D eigenvalue weighted by molar-refractivity contribution is 6.30. The van der Waals surface area contributed by atoms with E-state index in [1.807, 2.05) is 12.1 Å². The van der Waals surface area contributed by atoms with E-state index in [2.05, 4.69) is 5.32 Å². The van der Waals surface area contributed by atoms with Gasteiger partial charge in [0, 0.05) is 10.7 Å². The molecule has 1 unspecified atom stereocenters. The minimum Gasteiger partial charge on any atom is -0.492 e. The predicted octanol–water partition coefficient (Wildman–Crippen LogP) is 3.89. The molecule has 1 atom stereocenters. The van der Waals surface area contributed by atoms with Gasteiger partial charge in [-0.1, -0.05) is 23.7 Å². The van der Waals surface area contributed by atoms with Gasteiger partial charge in [-0.25, -0.2) is 0 Å². The zero-order valence-electron chi connectivity index (χ0n) is 14.6. The molecule has 2 aromatic carbocycles. The third kappa shape index (κ3) is 3.68. The molecule has 0 radical (unpaired) electrons. The zero-order valence-corrected chi connectivity index (χ0v) is 15.3. The lowest BCUT2D eigenvalue weighted by Gasteiger charge is -2.25. The van der Waals surface area contributed by atoms with E-state index < -0.39 is 11.4 Å². The summed E-state index contributed by atoms with van der Waals surface area (Å²) in [6.07, 6.45) is 0.561. The van der Waals surface area contributed by atoms with Crippen LogP contribution in [-0.2, 0) is 21.4 Å². The van der Waals surface area contributed by atoms with Gasteiger partial charge in [-0.2, -0.15) is 0 Å². The number of amides is 1. The van der Waals surface area contributed by atoms with Crippen molar-refractivity contribution in [1.82, 2.24) is 0 Å². The van der Waals surface area contributed by atoms with Crippen LogP contribution in [0.2, 0.25) is 5.02 Å². The molecule has 1 amide bonds. The Balaban J connectivity index is 1.68. The number of anilines is 1. The van der Waals surface area contributed by atoms with Crippen LogP contribution in [0.15, 0.2) is 42.5 Å². The summed E-state index contributed by atoms with van der Waals surface area (Å²) in [4.78, 5) is 23.9. The molecule has 0 aromatic heterocycles.